The number of carboxylic acids is 1. The van der Waals surface area contributed by atoms with Gasteiger partial charge in [0.05, 0.1) is 6.61 Å². The number of carboxylic acid groups (broad SMARTS) is 1. The molecule has 1 fully saturated rings. The number of nitrogen functional groups attached to an aromatic ring is 1. The monoisotopic (exact) mass is 687 g/mol. The normalized spacial score (nSPS) is 19.2. The summed E-state index contributed by atoms with van der Waals surface area (Å²) in [5, 5.41) is 27.5. The van der Waals surface area contributed by atoms with Gasteiger partial charge in [-0.25, -0.2) is 4.79 Å². The van der Waals surface area contributed by atoms with Gasteiger partial charge < -0.3 is 25.8 Å². The third-order valence-electron chi connectivity index (χ3n) is 6.85. The zero-order valence-electron chi connectivity index (χ0n) is 24.6. The number of hydrogen-bond acceptors (Lipinski definition) is 9. The number of nitrogens with zero attached hydrogens (tertiary/aromatic N) is 2. The second kappa shape index (κ2) is 19.7. The van der Waals surface area contributed by atoms with Crippen molar-refractivity contribution < 1.29 is 33.6 Å². The maximum absolute atomic E-state index is 13.7. The average molecular weight is 688 g/mol. The molecule has 4 rings (SSSR count). The van der Waals surface area contributed by atoms with Crippen molar-refractivity contribution in [1.29, 1.82) is 0 Å². The fourth-order valence-corrected chi connectivity index (χ4v) is 6.86. The molecule has 0 aliphatic carbocycles. The van der Waals surface area contributed by atoms with E-state index in [4.69, 9.17) is 20.7 Å². The van der Waals surface area contributed by atoms with Crippen molar-refractivity contribution in [2.75, 3.05) is 18.1 Å². The van der Waals surface area contributed by atoms with Crippen LogP contribution in [-0.2, 0) is 21.0 Å². The minimum atomic E-state index is -3.71. The van der Waals surface area contributed by atoms with Gasteiger partial charge in [-0.1, -0.05) is 67.1 Å². The molecule has 0 radical (unpaired) electrons. The predicted molar refractivity (Wildman–Crippen MR) is 177 cm³/mol. The number of ether oxygens (including phenoxy) is 1. The van der Waals surface area contributed by atoms with Crippen LogP contribution in [0.4, 0.5) is 14.6 Å². The van der Waals surface area contributed by atoms with Gasteiger partial charge >= 0.3 is 17.6 Å². The standard InChI is InChI=1S/C22H28O2S2.C9H11F2N3O4.ClH/c23-22(24)14-8-7-13-21(26-18-20-11-5-2-6-12-20)15-16-25-17-19-9-3-1-4-10-19;10-9(11)6(16)4(3-15)18-7(9)14-2-1-5(12)13-8(14)17;/h1-6,9-12,21H,7-8,13-18H2,(H,23,24);1-2,4,6-7,15-16H,3H2,(H2,12,13,17);1H/t;4-,6-,7-;/m.1./s1. The molecule has 1 aliphatic rings. The highest BCUT2D eigenvalue weighted by Gasteiger charge is 2.59. The van der Waals surface area contributed by atoms with Crippen LogP contribution in [0.25, 0.3) is 0 Å². The van der Waals surface area contributed by atoms with Gasteiger partial charge in [-0.05, 0) is 42.2 Å². The summed E-state index contributed by atoms with van der Waals surface area (Å²) in [6, 6.07) is 22.4. The van der Waals surface area contributed by atoms with Crippen LogP contribution in [0.3, 0.4) is 0 Å². The van der Waals surface area contributed by atoms with E-state index in [2.05, 4.69) is 65.6 Å². The Bertz CT molecular complexity index is 1340. The van der Waals surface area contributed by atoms with Gasteiger partial charge in [0.25, 0.3) is 0 Å². The highest BCUT2D eigenvalue weighted by molar-refractivity contribution is 7.99. The van der Waals surface area contributed by atoms with Crippen molar-refractivity contribution >= 4 is 47.7 Å². The maximum atomic E-state index is 13.7. The van der Waals surface area contributed by atoms with E-state index in [9.17, 15) is 23.5 Å². The third-order valence-corrected chi connectivity index (χ3v) is 9.36. The number of nitrogens with two attached hydrogens (primary N) is 1. The van der Waals surface area contributed by atoms with E-state index >= 15 is 0 Å². The Morgan fingerprint density at radius 2 is 1.64 bits per heavy atom. The van der Waals surface area contributed by atoms with Gasteiger partial charge in [-0.3, -0.25) is 9.36 Å². The molecule has 5 N–H and O–H groups in total. The number of unbranched alkanes of at least 4 members (excludes halogenated alkanes) is 1. The molecule has 1 aliphatic heterocycles. The van der Waals surface area contributed by atoms with E-state index in [1.54, 1.807) is 0 Å². The van der Waals surface area contributed by atoms with E-state index in [1.807, 2.05) is 23.5 Å². The summed E-state index contributed by atoms with van der Waals surface area (Å²) < 4.78 is 32.7. The predicted octanol–water partition coefficient (Wildman–Crippen LogP) is 5.39. The Balaban J connectivity index is 0.000000326. The van der Waals surface area contributed by atoms with Crippen LogP contribution in [0.5, 0.6) is 0 Å². The van der Waals surface area contributed by atoms with Crippen LogP contribution in [0.15, 0.2) is 77.7 Å². The molecule has 2 heterocycles. The number of alkyl halides is 2. The number of aliphatic hydroxyl groups excluding tert-OH is 2. The number of carbonyl (C=O) groups is 1. The van der Waals surface area contributed by atoms with Crippen molar-refractivity contribution in [1.82, 2.24) is 9.55 Å². The topological polar surface area (TPSA) is 148 Å². The van der Waals surface area contributed by atoms with Gasteiger partial charge in [0, 0.05) is 29.4 Å². The maximum Gasteiger partial charge on any atom is 0.351 e. The number of aliphatic carboxylic acids is 1. The molecule has 0 bridgehead atoms. The smallest absolute Gasteiger partial charge is 0.351 e. The van der Waals surface area contributed by atoms with E-state index in [-0.39, 0.29) is 18.2 Å². The van der Waals surface area contributed by atoms with E-state index < -0.39 is 42.6 Å². The summed E-state index contributed by atoms with van der Waals surface area (Å²) >= 11 is 4.01. The minimum Gasteiger partial charge on any atom is -0.481 e. The highest BCUT2D eigenvalue weighted by atomic mass is 35.5. The van der Waals surface area contributed by atoms with Crippen LogP contribution in [0.1, 0.15) is 49.5 Å². The number of thioether (sulfide) groups is 2. The summed E-state index contributed by atoms with van der Waals surface area (Å²) in [5.41, 5.74) is 6.96. The largest absolute Gasteiger partial charge is 0.481 e. The lowest BCUT2D eigenvalue weighted by molar-refractivity contribution is -0.141. The molecule has 45 heavy (non-hydrogen) atoms. The Kier molecular flexibility index (Phi) is 16.9. The van der Waals surface area contributed by atoms with Crippen molar-refractivity contribution in [2.24, 2.45) is 0 Å². The van der Waals surface area contributed by atoms with Gasteiger partial charge in [-0.2, -0.15) is 37.3 Å². The SMILES string of the molecule is Cl.Nc1ccn([C@@H]2O[C@H](CO)[C@@H](O)C2(F)F)c(=O)n1.O=C(O)CCCCC(CCSCc1ccccc1)SCc1ccccc1. The number of aromatic nitrogens is 2. The van der Waals surface area contributed by atoms with Crippen LogP contribution in [0, 0.1) is 0 Å². The van der Waals surface area contributed by atoms with Gasteiger partial charge in [0.15, 0.2) is 6.10 Å². The second-order valence-corrected chi connectivity index (χ2v) is 12.6. The molecule has 1 saturated heterocycles. The van der Waals surface area contributed by atoms with Crippen LogP contribution >= 0.6 is 35.9 Å². The number of hydrogen-bond donors (Lipinski definition) is 4. The summed E-state index contributed by atoms with van der Waals surface area (Å²) in [6.45, 7) is -0.787. The fourth-order valence-electron chi connectivity index (χ4n) is 4.45. The molecule has 0 spiro atoms. The summed E-state index contributed by atoms with van der Waals surface area (Å²) in [7, 11) is 0. The molecule has 3 aromatic rings. The number of aliphatic hydroxyl groups is 2. The Morgan fingerprint density at radius 3 is 2.20 bits per heavy atom. The van der Waals surface area contributed by atoms with Gasteiger partial charge in [0.1, 0.15) is 11.9 Å². The van der Waals surface area contributed by atoms with Crippen LogP contribution < -0.4 is 11.4 Å². The molecule has 248 valence electrons. The van der Waals surface area contributed by atoms with Crippen LogP contribution in [0.2, 0.25) is 0 Å². The van der Waals surface area contributed by atoms with Crippen molar-refractivity contribution in [3.05, 3.63) is 94.5 Å². The zero-order chi connectivity index (χ0) is 32.0. The van der Waals surface area contributed by atoms with E-state index in [1.165, 1.54) is 17.5 Å². The lowest BCUT2D eigenvalue weighted by Gasteiger charge is -2.20. The van der Waals surface area contributed by atoms with E-state index in [0.29, 0.717) is 16.2 Å². The summed E-state index contributed by atoms with van der Waals surface area (Å²) in [5.74, 6) is -1.26. The fraction of sp³-hybridized carbons (Fsp3) is 0.452. The first-order chi connectivity index (χ1) is 21.1. The number of rotatable bonds is 15. The first kappa shape index (κ1) is 38.5. The molecule has 14 heteroatoms. The number of halogens is 3. The lowest BCUT2D eigenvalue weighted by atomic mass is 10.1. The van der Waals surface area contributed by atoms with Gasteiger partial charge in [-0.15, -0.1) is 12.4 Å². The molecule has 0 amide bonds. The highest BCUT2D eigenvalue weighted by Crippen LogP contribution is 2.42. The first-order valence-electron chi connectivity index (χ1n) is 14.3. The Labute approximate surface area is 276 Å². The van der Waals surface area contributed by atoms with Crippen molar-refractivity contribution in [2.45, 2.75) is 73.2 Å². The zero-order valence-corrected chi connectivity index (χ0v) is 27.1. The van der Waals surface area contributed by atoms with Crippen LogP contribution in [-0.4, -0.2) is 66.6 Å². The number of benzene rings is 2. The minimum absolute atomic E-state index is 0. The molecular formula is C31H40ClF2N3O6S2. The second-order valence-electron chi connectivity index (χ2n) is 10.3. The lowest BCUT2D eigenvalue weighted by Crippen LogP contribution is -2.41. The average Bonchev–Trinajstić information content (AvgIpc) is 3.24. The quantitative estimate of drug-likeness (QED) is 0.153. The molecule has 1 aromatic heterocycles. The molecule has 1 unspecified atom stereocenters. The molecule has 9 nitrogen and oxygen atoms in total. The molecule has 0 saturated carbocycles. The summed E-state index contributed by atoms with van der Waals surface area (Å²) in [4.78, 5) is 25.4. The Hall–Kier alpha value is -2.68. The van der Waals surface area contributed by atoms with Gasteiger partial charge in [0.2, 0.25) is 6.23 Å². The third kappa shape index (κ3) is 12.6. The van der Waals surface area contributed by atoms with Crippen molar-refractivity contribution in [3.8, 4) is 0 Å². The molecule has 4 atom stereocenters. The number of anilines is 1. The van der Waals surface area contributed by atoms with E-state index in [0.717, 1.165) is 48.8 Å². The Morgan fingerprint density at radius 1 is 1.02 bits per heavy atom. The van der Waals surface area contributed by atoms with Crippen molar-refractivity contribution in [3.63, 3.8) is 0 Å². The summed E-state index contributed by atoms with van der Waals surface area (Å²) in [6.07, 6.45) is -0.318. The first-order valence-corrected chi connectivity index (χ1v) is 16.5. The molecular weight excluding hydrogens is 648 g/mol. The molecule has 2 aromatic carbocycles.